The van der Waals surface area contributed by atoms with Crippen LogP contribution in [0, 0.1) is 5.92 Å². The van der Waals surface area contributed by atoms with Crippen molar-refractivity contribution in [1.29, 1.82) is 0 Å². The Morgan fingerprint density at radius 3 is 2.00 bits per heavy atom. The third-order valence-corrected chi connectivity index (χ3v) is 6.15. The van der Waals surface area contributed by atoms with Gasteiger partial charge in [-0.15, -0.1) is 0 Å². The first-order valence-electron chi connectivity index (χ1n) is 11.5. The summed E-state index contributed by atoms with van der Waals surface area (Å²) >= 11 is 0. The second kappa shape index (κ2) is 10.8. The first-order valence-corrected chi connectivity index (χ1v) is 11.5. The molecular formula is C27H28N2O5. The minimum atomic E-state index is -0.734. The van der Waals surface area contributed by atoms with E-state index in [9.17, 15) is 14.4 Å². The van der Waals surface area contributed by atoms with Gasteiger partial charge in [0, 0.05) is 24.2 Å². The van der Waals surface area contributed by atoms with E-state index < -0.39 is 5.97 Å². The van der Waals surface area contributed by atoms with Gasteiger partial charge in [-0.2, -0.15) is 0 Å². The highest BCUT2D eigenvalue weighted by molar-refractivity contribution is 5.98. The first kappa shape index (κ1) is 23.3. The normalized spacial score (nSPS) is 17.6. The molecule has 0 aliphatic heterocycles. The maximum Gasteiger partial charge on any atom is 0.306 e. The lowest BCUT2D eigenvalue weighted by Crippen LogP contribution is -2.34. The van der Waals surface area contributed by atoms with Crippen molar-refractivity contribution < 1.29 is 24.2 Å². The van der Waals surface area contributed by atoms with Crippen molar-refractivity contribution in [3.05, 3.63) is 77.9 Å². The highest BCUT2D eigenvalue weighted by Gasteiger charge is 2.26. The minimum Gasteiger partial charge on any atom is -0.490 e. The molecule has 7 nitrogen and oxygen atoms in total. The molecule has 0 saturated heterocycles. The monoisotopic (exact) mass is 460 g/mol. The standard InChI is InChI=1S/C27H28N2O5/c30-25(19-7-11-23(12-8-19)34-24-13-9-20(10-14-24)27(32)33)28-15-16-29-26(31)22-6-5-18-3-1-2-4-21(18)17-22/h1-8,11-12,17,20,24H,9-10,13-16H2,(H,28,30)(H,29,31)(H,32,33)/t20-,24+. The van der Waals surface area contributed by atoms with Gasteiger partial charge in [-0.25, -0.2) is 0 Å². The summed E-state index contributed by atoms with van der Waals surface area (Å²) in [7, 11) is 0. The van der Waals surface area contributed by atoms with Gasteiger partial charge in [0.15, 0.2) is 0 Å². The second-order valence-corrected chi connectivity index (χ2v) is 8.53. The summed E-state index contributed by atoms with van der Waals surface area (Å²) < 4.78 is 5.94. The number of carboxylic acid groups (broad SMARTS) is 1. The average Bonchev–Trinajstić information content (AvgIpc) is 2.87. The van der Waals surface area contributed by atoms with Crippen LogP contribution >= 0.6 is 0 Å². The zero-order valence-corrected chi connectivity index (χ0v) is 18.8. The molecule has 0 bridgehead atoms. The predicted molar refractivity (Wildman–Crippen MR) is 129 cm³/mol. The number of hydrogen-bond donors (Lipinski definition) is 3. The maximum absolute atomic E-state index is 12.4. The summed E-state index contributed by atoms with van der Waals surface area (Å²) in [6.45, 7) is 0.626. The number of nitrogens with one attached hydrogen (secondary N) is 2. The third kappa shape index (κ3) is 5.92. The largest absolute Gasteiger partial charge is 0.490 e. The van der Waals surface area contributed by atoms with Crippen molar-refractivity contribution in [2.45, 2.75) is 31.8 Å². The van der Waals surface area contributed by atoms with Crippen LogP contribution in [-0.2, 0) is 4.79 Å². The van der Waals surface area contributed by atoms with Crippen LogP contribution in [0.3, 0.4) is 0 Å². The van der Waals surface area contributed by atoms with E-state index in [0.717, 1.165) is 10.8 Å². The van der Waals surface area contributed by atoms with E-state index >= 15 is 0 Å². The molecule has 7 heteroatoms. The van der Waals surface area contributed by atoms with Crippen LogP contribution in [0.25, 0.3) is 10.8 Å². The highest BCUT2D eigenvalue weighted by atomic mass is 16.5. The molecule has 0 heterocycles. The van der Waals surface area contributed by atoms with Gasteiger partial charge in [-0.1, -0.05) is 30.3 Å². The van der Waals surface area contributed by atoms with Gasteiger partial charge in [-0.3, -0.25) is 14.4 Å². The number of carboxylic acids is 1. The molecule has 0 atom stereocenters. The van der Waals surface area contributed by atoms with Crippen LogP contribution < -0.4 is 15.4 Å². The van der Waals surface area contributed by atoms with Gasteiger partial charge in [0.1, 0.15) is 5.75 Å². The van der Waals surface area contributed by atoms with Crippen LogP contribution in [0.1, 0.15) is 46.4 Å². The van der Waals surface area contributed by atoms with Crippen LogP contribution in [-0.4, -0.2) is 42.1 Å². The highest BCUT2D eigenvalue weighted by Crippen LogP contribution is 2.28. The van der Waals surface area contributed by atoms with E-state index in [1.807, 2.05) is 36.4 Å². The lowest BCUT2D eigenvalue weighted by atomic mass is 9.87. The van der Waals surface area contributed by atoms with Crippen molar-refractivity contribution in [3.63, 3.8) is 0 Å². The van der Waals surface area contributed by atoms with E-state index in [1.165, 1.54) is 0 Å². The molecule has 1 fully saturated rings. The Kier molecular flexibility index (Phi) is 7.42. The van der Waals surface area contributed by atoms with E-state index in [-0.39, 0.29) is 23.8 Å². The van der Waals surface area contributed by atoms with Crippen molar-refractivity contribution in [1.82, 2.24) is 10.6 Å². The molecule has 3 aromatic rings. The number of amides is 2. The molecule has 0 spiro atoms. The van der Waals surface area contributed by atoms with Gasteiger partial charge in [0.25, 0.3) is 11.8 Å². The lowest BCUT2D eigenvalue weighted by Gasteiger charge is -2.26. The zero-order chi connectivity index (χ0) is 23.9. The Hall–Kier alpha value is -3.87. The molecule has 0 radical (unpaired) electrons. The molecule has 1 aliphatic carbocycles. The summed E-state index contributed by atoms with van der Waals surface area (Å²) in [5.74, 6) is -0.754. The minimum absolute atomic E-state index is 0.00138. The summed E-state index contributed by atoms with van der Waals surface area (Å²) in [6, 6.07) is 20.3. The third-order valence-electron chi connectivity index (χ3n) is 6.15. The zero-order valence-electron chi connectivity index (χ0n) is 18.8. The Morgan fingerprint density at radius 2 is 1.35 bits per heavy atom. The van der Waals surface area contributed by atoms with Crippen molar-refractivity contribution in [2.24, 2.45) is 5.92 Å². The average molecular weight is 461 g/mol. The lowest BCUT2D eigenvalue weighted by molar-refractivity contribution is -0.143. The number of benzene rings is 3. The number of carbonyl (C=O) groups is 3. The Bertz CT molecular complexity index is 1170. The van der Waals surface area contributed by atoms with Gasteiger partial charge in [0.2, 0.25) is 0 Å². The Balaban J connectivity index is 1.19. The van der Waals surface area contributed by atoms with E-state index in [0.29, 0.717) is 55.6 Å². The molecule has 4 rings (SSSR count). The van der Waals surface area contributed by atoms with Crippen LogP contribution in [0.5, 0.6) is 5.75 Å². The van der Waals surface area contributed by atoms with Crippen LogP contribution in [0.2, 0.25) is 0 Å². The smallest absolute Gasteiger partial charge is 0.306 e. The molecule has 0 unspecified atom stereocenters. The molecule has 1 aliphatic rings. The van der Waals surface area contributed by atoms with Gasteiger partial charge >= 0.3 is 5.97 Å². The van der Waals surface area contributed by atoms with E-state index in [1.54, 1.807) is 30.3 Å². The number of carbonyl (C=O) groups excluding carboxylic acids is 2. The van der Waals surface area contributed by atoms with Crippen LogP contribution in [0.4, 0.5) is 0 Å². The molecule has 3 N–H and O–H groups in total. The molecule has 2 amide bonds. The summed E-state index contributed by atoms with van der Waals surface area (Å²) in [5.41, 5.74) is 1.08. The SMILES string of the molecule is O=C(NCCNC(=O)c1ccc2ccccc2c1)c1ccc(O[C@H]2CC[C@@H](C(=O)O)CC2)cc1. The fourth-order valence-electron chi connectivity index (χ4n) is 4.19. The number of rotatable bonds is 8. The maximum atomic E-state index is 12.4. The van der Waals surface area contributed by atoms with Crippen molar-refractivity contribution in [2.75, 3.05) is 13.1 Å². The quantitative estimate of drug-likeness (QED) is 0.441. The van der Waals surface area contributed by atoms with Gasteiger partial charge in [0.05, 0.1) is 12.0 Å². The van der Waals surface area contributed by atoms with Crippen molar-refractivity contribution >= 4 is 28.6 Å². The Morgan fingerprint density at radius 1 is 0.765 bits per heavy atom. The number of fused-ring (bicyclic) bond motifs is 1. The molecular weight excluding hydrogens is 432 g/mol. The van der Waals surface area contributed by atoms with E-state index in [2.05, 4.69) is 10.6 Å². The fourth-order valence-corrected chi connectivity index (χ4v) is 4.19. The van der Waals surface area contributed by atoms with E-state index in [4.69, 9.17) is 9.84 Å². The van der Waals surface area contributed by atoms with Crippen molar-refractivity contribution in [3.8, 4) is 5.75 Å². The predicted octanol–water partition coefficient (Wildman–Crippen LogP) is 4.02. The van der Waals surface area contributed by atoms with Crippen LogP contribution in [0.15, 0.2) is 66.7 Å². The van der Waals surface area contributed by atoms with Gasteiger partial charge in [-0.05, 0) is 72.9 Å². The molecule has 34 heavy (non-hydrogen) atoms. The fraction of sp³-hybridized carbons (Fsp3) is 0.296. The number of ether oxygens (including phenoxy) is 1. The summed E-state index contributed by atoms with van der Waals surface area (Å²) in [4.78, 5) is 35.8. The second-order valence-electron chi connectivity index (χ2n) is 8.53. The number of aliphatic carboxylic acids is 1. The first-order chi connectivity index (χ1) is 16.5. The molecule has 3 aromatic carbocycles. The number of hydrogen-bond acceptors (Lipinski definition) is 4. The molecule has 0 aromatic heterocycles. The Labute approximate surface area is 198 Å². The molecule has 1 saturated carbocycles. The summed E-state index contributed by atoms with van der Waals surface area (Å²) in [5, 5.41) is 16.8. The topological polar surface area (TPSA) is 105 Å². The van der Waals surface area contributed by atoms with Gasteiger partial charge < -0.3 is 20.5 Å². The summed E-state index contributed by atoms with van der Waals surface area (Å²) in [6.07, 6.45) is 2.67. The molecule has 176 valence electrons.